The van der Waals surface area contributed by atoms with Gasteiger partial charge in [-0.3, -0.25) is 14.6 Å². The van der Waals surface area contributed by atoms with E-state index in [1.54, 1.807) is 30.6 Å². The van der Waals surface area contributed by atoms with Crippen molar-refractivity contribution in [2.24, 2.45) is 0 Å². The van der Waals surface area contributed by atoms with Crippen LogP contribution in [-0.2, 0) is 11.3 Å². The second-order valence-electron chi connectivity index (χ2n) is 5.87. The molecule has 126 valence electrons. The van der Waals surface area contributed by atoms with E-state index < -0.39 is 0 Å². The average Bonchev–Trinajstić information content (AvgIpc) is 2.56. The zero-order valence-electron chi connectivity index (χ0n) is 14.1. The van der Waals surface area contributed by atoms with Crippen molar-refractivity contribution in [3.63, 3.8) is 0 Å². The van der Waals surface area contributed by atoms with Crippen LogP contribution in [0.25, 0.3) is 11.3 Å². The van der Waals surface area contributed by atoms with E-state index in [4.69, 9.17) is 0 Å². The fraction of sp³-hybridized carbons (Fsp3) is 0.158. The quantitative estimate of drug-likeness (QED) is 0.795. The zero-order valence-corrected chi connectivity index (χ0v) is 14.1. The van der Waals surface area contributed by atoms with Gasteiger partial charge in [-0.15, -0.1) is 0 Å². The summed E-state index contributed by atoms with van der Waals surface area (Å²) >= 11 is 0. The van der Waals surface area contributed by atoms with Crippen molar-refractivity contribution in [1.82, 2.24) is 14.8 Å². The molecule has 0 bridgehead atoms. The van der Waals surface area contributed by atoms with Crippen LogP contribution < -0.4 is 10.9 Å². The number of anilines is 1. The molecule has 0 saturated heterocycles. The molecule has 0 fully saturated rings. The molecule has 6 heteroatoms. The molecule has 1 aromatic carbocycles. The van der Waals surface area contributed by atoms with Gasteiger partial charge in [-0.2, -0.15) is 5.10 Å². The first kappa shape index (κ1) is 16.6. The first-order chi connectivity index (χ1) is 12.0. The van der Waals surface area contributed by atoms with Crippen LogP contribution >= 0.6 is 0 Å². The summed E-state index contributed by atoms with van der Waals surface area (Å²) in [4.78, 5) is 28.3. The number of hydrogen-bond acceptors (Lipinski definition) is 4. The normalized spacial score (nSPS) is 10.5. The van der Waals surface area contributed by atoms with Crippen LogP contribution in [0.5, 0.6) is 0 Å². The van der Waals surface area contributed by atoms with Gasteiger partial charge in [0, 0.05) is 29.7 Å². The number of nitrogens with zero attached hydrogens (tertiary/aromatic N) is 3. The fourth-order valence-electron chi connectivity index (χ4n) is 2.62. The van der Waals surface area contributed by atoms with Crippen molar-refractivity contribution in [3.8, 4) is 11.3 Å². The Morgan fingerprint density at radius 1 is 1.04 bits per heavy atom. The lowest BCUT2D eigenvalue weighted by Crippen LogP contribution is -2.29. The van der Waals surface area contributed by atoms with Gasteiger partial charge in [0.2, 0.25) is 5.91 Å². The molecule has 3 aromatic rings. The Balaban J connectivity index is 1.80. The summed E-state index contributed by atoms with van der Waals surface area (Å²) in [6.45, 7) is 3.78. The summed E-state index contributed by atoms with van der Waals surface area (Å²) in [7, 11) is 0. The number of aromatic nitrogens is 3. The van der Waals surface area contributed by atoms with Crippen molar-refractivity contribution >= 4 is 11.6 Å². The van der Waals surface area contributed by atoms with Crippen molar-refractivity contribution in [2.75, 3.05) is 5.32 Å². The smallest absolute Gasteiger partial charge is 0.267 e. The van der Waals surface area contributed by atoms with Crippen molar-refractivity contribution in [3.05, 3.63) is 76.3 Å². The van der Waals surface area contributed by atoms with Crippen LogP contribution in [-0.4, -0.2) is 20.7 Å². The van der Waals surface area contributed by atoms with Gasteiger partial charge in [-0.25, -0.2) is 4.68 Å². The Morgan fingerprint density at radius 2 is 1.72 bits per heavy atom. The lowest BCUT2D eigenvalue weighted by atomic mass is 10.1. The molecule has 2 heterocycles. The number of benzene rings is 1. The molecule has 0 saturated carbocycles. The topological polar surface area (TPSA) is 76.9 Å². The van der Waals surface area contributed by atoms with Crippen LogP contribution in [0.4, 0.5) is 5.69 Å². The highest BCUT2D eigenvalue weighted by molar-refractivity contribution is 5.90. The Hall–Kier alpha value is -3.28. The first-order valence-electron chi connectivity index (χ1n) is 7.88. The predicted molar refractivity (Wildman–Crippen MR) is 96.3 cm³/mol. The summed E-state index contributed by atoms with van der Waals surface area (Å²) in [5.41, 5.74) is 3.95. The summed E-state index contributed by atoms with van der Waals surface area (Å²) in [6.07, 6.45) is 3.30. The predicted octanol–water partition coefficient (Wildman–Crippen LogP) is 2.56. The maximum Gasteiger partial charge on any atom is 0.267 e. The van der Waals surface area contributed by atoms with E-state index in [-0.39, 0.29) is 18.0 Å². The highest BCUT2D eigenvalue weighted by Gasteiger charge is 2.09. The maximum atomic E-state index is 12.3. The van der Waals surface area contributed by atoms with Gasteiger partial charge in [0.25, 0.3) is 5.56 Å². The van der Waals surface area contributed by atoms with Gasteiger partial charge in [-0.05, 0) is 55.3 Å². The van der Waals surface area contributed by atoms with E-state index in [9.17, 15) is 9.59 Å². The van der Waals surface area contributed by atoms with E-state index in [0.29, 0.717) is 11.4 Å². The van der Waals surface area contributed by atoms with Crippen LogP contribution in [0.3, 0.4) is 0 Å². The molecular weight excluding hydrogens is 316 g/mol. The van der Waals surface area contributed by atoms with Crippen LogP contribution in [0.1, 0.15) is 11.1 Å². The fourth-order valence-corrected chi connectivity index (χ4v) is 2.62. The molecule has 0 aliphatic carbocycles. The summed E-state index contributed by atoms with van der Waals surface area (Å²) < 4.78 is 1.16. The number of rotatable bonds is 4. The number of carbonyl (C=O) groups excluding carboxylic acids is 1. The lowest BCUT2D eigenvalue weighted by molar-refractivity contribution is -0.117. The SMILES string of the molecule is Cc1cc(C)cc(NC(=O)Cn2nc(-c3ccncc3)ccc2=O)c1. The van der Waals surface area contributed by atoms with Gasteiger partial charge in [0.15, 0.2) is 0 Å². The standard InChI is InChI=1S/C19H18N4O2/c1-13-9-14(2)11-16(10-13)21-18(24)12-23-19(25)4-3-17(22-23)15-5-7-20-8-6-15/h3-11H,12H2,1-2H3,(H,21,24). The molecule has 2 aromatic heterocycles. The Morgan fingerprint density at radius 3 is 2.40 bits per heavy atom. The van der Waals surface area contributed by atoms with Crippen LogP contribution in [0.15, 0.2) is 59.7 Å². The average molecular weight is 334 g/mol. The van der Waals surface area contributed by atoms with Gasteiger partial charge in [-0.1, -0.05) is 6.07 Å². The highest BCUT2D eigenvalue weighted by atomic mass is 16.2. The highest BCUT2D eigenvalue weighted by Crippen LogP contribution is 2.14. The third kappa shape index (κ3) is 4.17. The number of amides is 1. The lowest BCUT2D eigenvalue weighted by Gasteiger charge is -2.09. The minimum atomic E-state index is -0.326. The van der Waals surface area contributed by atoms with Gasteiger partial charge >= 0.3 is 0 Å². The molecule has 1 amide bonds. The minimum absolute atomic E-state index is 0.148. The van der Waals surface area contributed by atoms with E-state index in [2.05, 4.69) is 15.4 Å². The maximum absolute atomic E-state index is 12.3. The Kier molecular flexibility index (Phi) is 4.70. The number of carbonyl (C=O) groups is 1. The third-order valence-corrected chi connectivity index (χ3v) is 3.64. The summed E-state index contributed by atoms with van der Waals surface area (Å²) in [5, 5.41) is 7.08. The molecule has 0 atom stereocenters. The Bertz CT molecular complexity index is 944. The molecule has 0 aliphatic heterocycles. The molecule has 0 unspecified atom stereocenters. The number of pyridine rings is 1. The number of aryl methyl sites for hydroxylation is 2. The van der Waals surface area contributed by atoms with E-state index in [1.165, 1.54) is 6.07 Å². The molecule has 1 N–H and O–H groups in total. The molecule has 0 radical (unpaired) electrons. The van der Waals surface area contributed by atoms with Gasteiger partial charge in [0.05, 0.1) is 5.69 Å². The number of nitrogens with one attached hydrogen (secondary N) is 1. The molecular formula is C19H18N4O2. The van der Waals surface area contributed by atoms with Crippen molar-refractivity contribution in [1.29, 1.82) is 0 Å². The molecule has 0 spiro atoms. The van der Waals surface area contributed by atoms with Gasteiger partial charge in [0.1, 0.15) is 6.54 Å². The molecule has 6 nitrogen and oxygen atoms in total. The van der Waals surface area contributed by atoms with Crippen molar-refractivity contribution < 1.29 is 4.79 Å². The summed E-state index contributed by atoms with van der Waals surface area (Å²) in [6, 6.07) is 12.4. The number of hydrogen-bond donors (Lipinski definition) is 1. The van der Waals surface area contributed by atoms with Crippen molar-refractivity contribution in [2.45, 2.75) is 20.4 Å². The van der Waals surface area contributed by atoms with E-state index in [0.717, 1.165) is 21.4 Å². The second-order valence-corrected chi connectivity index (χ2v) is 5.87. The third-order valence-electron chi connectivity index (χ3n) is 3.64. The van der Waals surface area contributed by atoms with Crippen LogP contribution in [0.2, 0.25) is 0 Å². The largest absolute Gasteiger partial charge is 0.324 e. The Labute approximate surface area is 145 Å². The molecule has 25 heavy (non-hydrogen) atoms. The first-order valence-corrected chi connectivity index (χ1v) is 7.88. The zero-order chi connectivity index (χ0) is 17.8. The second kappa shape index (κ2) is 7.09. The molecule has 0 aliphatic rings. The summed E-state index contributed by atoms with van der Waals surface area (Å²) in [5.74, 6) is -0.300. The monoisotopic (exact) mass is 334 g/mol. The minimum Gasteiger partial charge on any atom is -0.324 e. The van der Waals surface area contributed by atoms with E-state index >= 15 is 0 Å². The molecule has 3 rings (SSSR count). The van der Waals surface area contributed by atoms with Crippen LogP contribution in [0, 0.1) is 13.8 Å². The van der Waals surface area contributed by atoms with Gasteiger partial charge < -0.3 is 5.32 Å². The van der Waals surface area contributed by atoms with E-state index in [1.807, 2.05) is 32.0 Å².